The fraction of sp³-hybridized carbons (Fsp3) is 0.300. The van der Waals surface area contributed by atoms with E-state index in [1.807, 2.05) is 0 Å². The Kier molecular flexibility index (Phi) is 2.82. The quantitative estimate of drug-likeness (QED) is 0.793. The molecule has 0 bridgehead atoms. The number of nitrogens with two attached hydrogens (primary N) is 1. The Labute approximate surface area is 97.6 Å². The highest BCUT2D eigenvalue weighted by Gasteiger charge is 2.14. The molecule has 0 radical (unpaired) electrons. The maximum Gasteiger partial charge on any atom is 0.274 e. The Morgan fingerprint density at radius 1 is 1.65 bits per heavy atom. The van der Waals surface area contributed by atoms with Crippen LogP contribution in [0, 0.1) is 6.92 Å². The first-order valence-corrected chi connectivity index (χ1v) is 5.05. The summed E-state index contributed by atoms with van der Waals surface area (Å²) in [6.45, 7) is 2.00. The Balaban J connectivity index is 2.00. The Hall–Kier alpha value is -2.31. The van der Waals surface area contributed by atoms with E-state index in [-0.39, 0.29) is 18.1 Å². The van der Waals surface area contributed by atoms with E-state index in [4.69, 9.17) is 10.2 Å². The molecule has 7 nitrogen and oxygen atoms in total. The van der Waals surface area contributed by atoms with Crippen molar-refractivity contribution in [1.82, 2.24) is 20.1 Å². The molecule has 2 aromatic heterocycles. The van der Waals surface area contributed by atoms with Gasteiger partial charge in [-0.2, -0.15) is 5.10 Å². The second-order valence-corrected chi connectivity index (χ2v) is 3.65. The number of hydrogen-bond donors (Lipinski definition) is 2. The van der Waals surface area contributed by atoms with Gasteiger partial charge in [-0.3, -0.25) is 9.48 Å². The zero-order valence-electron chi connectivity index (χ0n) is 9.60. The second-order valence-electron chi connectivity index (χ2n) is 3.65. The smallest absolute Gasteiger partial charge is 0.274 e. The van der Waals surface area contributed by atoms with Crippen LogP contribution in [-0.2, 0) is 13.6 Å². The summed E-state index contributed by atoms with van der Waals surface area (Å²) in [5.74, 6) is 0.802. The molecule has 7 heteroatoms. The lowest BCUT2D eigenvalue weighted by molar-refractivity contribution is 0.0942. The molecular weight excluding hydrogens is 222 g/mol. The standard InChI is InChI=1S/C10H13N5O2/c1-6-3-12-8(17-6)4-13-10(16)9-7(11)5-15(2)14-9/h3,5H,4,11H2,1-2H3,(H,13,16). The Bertz CT molecular complexity index is 543. The molecule has 2 heterocycles. The number of nitrogens with zero attached hydrogens (tertiary/aromatic N) is 3. The molecule has 1 amide bonds. The highest BCUT2D eigenvalue weighted by Crippen LogP contribution is 2.08. The van der Waals surface area contributed by atoms with Crippen LogP contribution < -0.4 is 11.1 Å². The van der Waals surface area contributed by atoms with Gasteiger partial charge in [-0.1, -0.05) is 0 Å². The number of aryl methyl sites for hydroxylation is 2. The monoisotopic (exact) mass is 235 g/mol. The number of aromatic nitrogens is 3. The molecule has 2 rings (SSSR count). The summed E-state index contributed by atoms with van der Waals surface area (Å²) in [6, 6.07) is 0. The van der Waals surface area contributed by atoms with Crippen LogP contribution in [0.4, 0.5) is 5.69 Å². The maximum atomic E-state index is 11.7. The first-order valence-electron chi connectivity index (χ1n) is 5.05. The molecule has 0 unspecified atom stereocenters. The van der Waals surface area contributed by atoms with Gasteiger partial charge in [0.15, 0.2) is 5.69 Å². The number of carbonyl (C=O) groups is 1. The highest BCUT2D eigenvalue weighted by atomic mass is 16.4. The Morgan fingerprint density at radius 3 is 2.94 bits per heavy atom. The SMILES string of the molecule is Cc1cnc(CNC(=O)c2nn(C)cc2N)o1. The van der Waals surface area contributed by atoms with E-state index in [1.165, 1.54) is 4.68 Å². The number of oxazole rings is 1. The van der Waals surface area contributed by atoms with Crippen LogP contribution >= 0.6 is 0 Å². The number of nitrogens with one attached hydrogen (secondary N) is 1. The number of amides is 1. The maximum absolute atomic E-state index is 11.7. The van der Waals surface area contributed by atoms with Gasteiger partial charge in [-0.05, 0) is 6.92 Å². The third-order valence-electron chi connectivity index (χ3n) is 2.14. The van der Waals surface area contributed by atoms with Crippen molar-refractivity contribution < 1.29 is 9.21 Å². The van der Waals surface area contributed by atoms with E-state index in [2.05, 4.69) is 15.4 Å². The minimum Gasteiger partial charge on any atom is -0.444 e. The molecule has 0 aliphatic rings. The van der Waals surface area contributed by atoms with E-state index in [9.17, 15) is 4.79 Å². The molecule has 90 valence electrons. The summed E-state index contributed by atoms with van der Waals surface area (Å²) < 4.78 is 6.71. The highest BCUT2D eigenvalue weighted by molar-refractivity contribution is 5.96. The van der Waals surface area contributed by atoms with Gasteiger partial charge in [0, 0.05) is 13.2 Å². The van der Waals surface area contributed by atoms with Crippen molar-refractivity contribution in [3.63, 3.8) is 0 Å². The Morgan fingerprint density at radius 2 is 2.41 bits per heavy atom. The lowest BCUT2D eigenvalue weighted by Gasteiger charge is -2.00. The molecule has 0 saturated heterocycles. The van der Waals surface area contributed by atoms with E-state index < -0.39 is 0 Å². The largest absolute Gasteiger partial charge is 0.444 e. The van der Waals surface area contributed by atoms with Crippen molar-refractivity contribution in [3.05, 3.63) is 29.7 Å². The summed E-state index contributed by atoms with van der Waals surface area (Å²) in [5, 5.41) is 6.59. The van der Waals surface area contributed by atoms with Crippen molar-refractivity contribution in [2.24, 2.45) is 7.05 Å². The van der Waals surface area contributed by atoms with Gasteiger partial charge in [0.25, 0.3) is 5.91 Å². The molecule has 17 heavy (non-hydrogen) atoms. The third kappa shape index (κ3) is 2.44. The second kappa shape index (κ2) is 4.28. The fourth-order valence-corrected chi connectivity index (χ4v) is 1.41. The lowest BCUT2D eigenvalue weighted by Crippen LogP contribution is -2.24. The molecule has 3 N–H and O–H groups in total. The average Bonchev–Trinajstić information content (AvgIpc) is 2.81. The van der Waals surface area contributed by atoms with Crippen LogP contribution in [-0.4, -0.2) is 20.7 Å². The molecule has 0 saturated carbocycles. The molecule has 0 aliphatic heterocycles. The van der Waals surface area contributed by atoms with Gasteiger partial charge < -0.3 is 15.5 Å². The van der Waals surface area contributed by atoms with Gasteiger partial charge in [-0.15, -0.1) is 0 Å². The number of nitrogen functional groups attached to an aromatic ring is 1. The van der Waals surface area contributed by atoms with E-state index in [0.717, 1.165) is 0 Å². The summed E-state index contributed by atoms with van der Waals surface area (Å²) in [4.78, 5) is 15.7. The van der Waals surface area contributed by atoms with Crippen LogP contribution in [0.2, 0.25) is 0 Å². The molecule has 0 aliphatic carbocycles. The zero-order chi connectivity index (χ0) is 12.4. The minimum absolute atomic E-state index is 0.204. The van der Waals surface area contributed by atoms with E-state index in [0.29, 0.717) is 17.3 Å². The van der Waals surface area contributed by atoms with Crippen molar-refractivity contribution in [1.29, 1.82) is 0 Å². The first kappa shape index (κ1) is 11.2. The van der Waals surface area contributed by atoms with Crippen molar-refractivity contribution in [3.8, 4) is 0 Å². The predicted octanol–water partition coefficient (Wildman–Crippen LogP) is 0.229. The number of anilines is 1. The van der Waals surface area contributed by atoms with Crippen LogP contribution in [0.15, 0.2) is 16.8 Å². The fourth-order valence-electron chi connectivity index (χ4n) is 1.41. The van der Waals surface area contributed by atoms with Crippen LogP contribution in [0.5, 0.6) is 0 Å². The minimum atomic E-state index is -0.348. The third-order valence-corrected chi connectivity index (χ3v) is 2.14. The molecule has 0 spiro atoms. The summed E-state index contributed by atoms with van der Waals surface area (Å²) in [5.41, 5.74) is 6.18. The molecular formula is C10H13N5O2. The zero-order valence-corrected chi connectivity index (χ0v) is 9.60. The molecule has 2 aromatic rings. The van der Waals surface area contributed by atoms with Gasteiger partial charge in [-0.25, -0.2) is 4.98 Å². The van der Waals surface area contributed by atoms with Gasteiger partial charge >= 0.3 is 0 Å². The first-order chi connectivity index (χ1) is 8.06. The average molecular weight is 235 g/mol. The predicted molar refractivity (Wildman–Crippen MR) is 60.0 cm³/mol. The molecule has 0 fully saturated rings. The summed E-state index contributed by atoms with van der Waals surface area (Å²) in [6.07, 6.45) is 3.17. The lowest BCUT2D eigenvalue weighted by atomic mass is 10.3. The van der Waals surface area contributed by atoms with Crippen LogP contribution in [0.25, 0.3) is 0 Å². The van der Waals surface area contributed by atoms with Crippen LogP contribution in [0.1, 0.15) is 22.1 Å². The van der Waals surface area contributed by atoms with Crippen molar-refractivity contribution in [2.45, 2.75) is 13.5 Å². The summed E-state index contributed by atoms with van der Waals surface area (Å²) >= 11 is 0. The number of rotatable bonds is 3. The van der Waals surface area contributed by atoms with Crippen LogP contribution in [0.3, 0.4) is 0 Å². The van der Waals surface area contributed by atoms with E-state index >= 15 is 0 Å². The molecule has 0 aromatic carbocycles. The van der Waals surface area contributed by atoms with Gasteiger partial charge in [0.1, 0.15) is 5.76 Å². The normalized spacial score (nSPS) is 10.5. The number of carbonyl (C=O) groups excluding carboxylic acids is 1. The number of hydrogen-bond acceptors (Lipinski definition) is 5. The van der Waals surface area contributed by atoms with Crippen molar-refractivity contribution >= 4 is 11.6 Å². The van der Waals surface area contributed by atoms with Crippen molar-refractivity contribution in [2.75, 3.05) is 5.73 Å². The molecule has 0 atom stereocenters. The summed E-state index contributed by atoms with van der Waals surface area (Å²) in [7, 11) is 1.70. The topological polar surface area (TPSA) is 99.0 Å². The van der Waals surface area contributed by atoms with Gasteiger partial charge in [0.05, 0.1) is 18.4 Å². The van der Waals surface area contributed by atoms with Gasteiger partial charge in [0.2, 0.25) is 5.89 Å². The van der Waals surface area contributed by atoms with E-state index in [1.54, 1.807) is 26.4 Å².